The van der Waals surface area contributed by atoms with Gasteiger partial charge in [-0.3, -0.25) is 0 Å². The largest absolute Gasteiger partial charge is 0.496 e. The van der Waals surface area contributed by atoms with Gasteiger partial charge in [0.1, 0.15) is 11.9 Å². The molecule has 1 aliphatic heterocycles. The topological polar surface area (TPSA) is 53.7 Å². The Morgan fingerprint density at radius 2 is 1.95 bits per heavy atom. The maximum atomic E-state index is 6.20. The van der Waals surface area contributed by atoms with E-state index < -0.39 is 0 Å². The summed E-state index contributed by atoms with van der Waals surface area (Å²) in [4.78, 5) is 0. The smallest absolute Gasteiger partial charge is 0.124 e. The lowest BCUT2D eigenvalue weighted by Crippen LogP contribution is -2.33. The van der Waals surface area contributed by atoms with Crippen molar-refractivity contribution in [2.45, 2.75) is 38.0 Å². The number of benzene rings is 1. The van der Waals surface area contributed by atoms with Gasteiger partial charge in [0.2, 0.25) is 0 Å². The maximum absolute atomic E-state index is 6.20. The SMILES string of the molecule is COc1ccccc1C(OC1CCOCC1)C(C)N. The Morgan fingerprint density at radius 1 is 1.26 bits per heavy atom. The number of rotatable bonds is 5. The van der Waals surface area contributed by atoms with Crippen LogP contribution in [0.25, 0.3) is 0 Å². The third kappa shape index (κ3) is 3.69. The standard InChI is InChI=1S/C15H23NO3/c1-11(16)15(19-12-7-9-18-10-8-12)13-5-3-4-6-14(13)17-2/h3-6,11-12,15H,7-10,16H2,1-2H3. The molecule has 4 heteroatoms. The van der Waals surface area contributed by atoms with Gasteiger partial charge in [-0.1, -0.05) is 18.2 Å². The van der Waals surface area contributed by atoms with Crippen LogP contribution in [-0.2, 0) is 9.47 Å². The van der Waals surface area contributed by atoms with Crippen molar-refractivity contribution in [3.63, 3.8) is 0 Å². The Morgan fingerprint density at radius 3 is 2.58 bits per heavy atom. The van der Waals surface area contributed by atoms with Crippen LogP contribution in [0.3, 0.4) is 0 Å². The van der Waals surface area contributed by atoms with Crippen molar-refractivity contribution in [2.24, 2.45) is 5.73 Å². The second-order valence-corrected chi connectivity index (χ2v) is 4.97. The molecule has 0 amide bonds. The minimum atomic E-state index is -0.140. The Kier molecular flexibility index (Phi) is 5.19. The van der Waals surface area contributed by atoms with Crippen LogP contribution in [0.4, 0.5) is 0 Å². The summed E-state index contributed by atoms with van der Waals surface area (Å²) in [5, 5.41) is 0. The normalized spacial score (nSPS) is 19.9. The fraction of sp³-hybridized carbons (Fsp3) is 0.600. The van der Waals surface area contributed by atoms with Crippen LogP contribution in [0.2, 0.25) is 0 Å². The number of hydrogen-bond donors (Lipinski definition) is 1. The number of methoxy groups -OCH3 is 1. The lowest BCUT2D eigenvalue weighted by Gasteiger charge is -2.30. The third-order valence-corrected chi connectivity index (χ3v) is 3.43. The second-order valence-electron chi connectivity index (χ2n) is 4.97. The molecule has 2 N–H and O–H groups in total. The quantitative estimate of drug-likeness (QED) is 0.887. The summed E-state index contributed by atoms with van der Waals surface area (Å²) in [6.07, 6.45) is 1.94. The Labute approximate surface area is 114 Å². The highest BCUT2D eigenvalue weighted by atomic mass is 16.5. The Bertz CT molecular complexity index is 389. The molecule has 0 saturated carbocycles. The molecule has 2 atom stereocenters. The summed E-state index contributed by atoms with van der Waals surface area (Å²) in [6, 6.07) is 7.82. The number of hydrogen-bond acceptors (Lipinski definition) is 4. The molecular weight excluding hydrogens is 242 g/mol. The zero-order valence-electron chi connectivity index (χ0n) is 11.7. The van der Waals surface area contributed by atoms with Gasteiger partial charge >= 0.3 is 0 Å². The van der Waals surface area contributed by atoms with E-state index in [0.717, 1.165) is 37.4 Å². The third-order valence-electron chi connectivity index (χ3n) is 3.43. The highest BCUT2D eigenvalue weighted by molar-refractivity contribution is 5.35. The predicted octanol–water partition coefficient (Wildman–Crippen LogP) is 2.28. The monoisotopic (exact) mass is 265 g/mol. The van der Waals surface area contributed by atoms with Crippen LogP contribution in [0.1, 0.15) is 31.4 Å². The first-order chi connectivity index (χ1) is 9.22. The zero-order valence-corrected chi connectivity index (χ0v) is 11.7. The van der Waals surface area contributed by atoms with Crippen LogP contribution in [0, 0.1) is 0 Å². The molecule has 2 unspecified atom stereocenters. The van der Waals surface area contributed by atoms with Gasteiger partial charge in [-0.15, -0.1) is 0 Å². The molecule has 1 aromatic carbocycles. The fourth-order valence-electron chi connectivity index (χ4n) is 2.40. The first-order valence-electron chi connectivity index (χ1n) is 6.84. The van der Waals surface area contributed by atoms with Crippen LogP contribution in [-0.4, -0.2) is 32.5 Å². The number of nitrogens with two attached hydrogens (primary N) is 1. The van der Waals surface area contributed by atoms with Crippen molar-refractivity contribution in [1.82, 2.24) is 0 Å². The van der Waals surface area contributed by atoms with Gasteiger partial charge in [0.05, 0.1) is 13.2 Å². The first kappa shape index (κ1) is 14.3. The lowest BCUT2D eigenvalue weighted by atomic mass is 10.0. The summed E-state index contributed by atoms with van der Waals surface area (Å²) < 4.78 is 17.0. The van der Waals surface area contributed by atoms with Gasteiger partial charge < -0.3 is 19.9 Å². The summed E-state index contributed by atoms with van der Waals surface area (Å²) in [5.74, 6) is 0.830. The second kappa shape index (κ2) is 6.89. The molecule has 4 nitrogen and oxygen atoms in total. The minimum Gasteiger partial charge on any atom is -0.496 e. The van der Waals surface area contributed by atoms with Gasteiger partial charge in [0, 0.05) is 24.8 Å². The van der Waals surface area contributed by atoms with E-state index in [-0.39, 0.29) is 18.2 Å². The van der Waals surface area contributed by atoms with E-state index in [1.54, 1.807) is 7.11 Å². The first-order valence-corrected chi connectivity index (χ1v) is 6.84. The van der Waals surface area contributed by atoms with Crippen molar-refractivity contribution >= 4 is 0 Å². The lowest BCUT2D eigenvalue weighted by molar-refractivity contribution is -0.0763. The molecule has 19 heavy (non-hydrogen) atoms. The van der Waals surface area contributed by atoms with E-state index in [2.05, 4.69) is 0 Å². The van der Waals surface area contributed by atoms with Gasteiger partial charge in [0.25, 0.3) is 0 Å². The number of para-hydroxylation sites is 1. The van der Waals surface area contributed by atoms with Crippen molar-refractivity contribution in [3.8, 4) is 5.75 Å². The zero-order chi connectivity index (χ0) is 13.7. The molecule has 1 saturated heterocycles. The van der Waals surface area contributed by atoms with Gasteiger partial charge in [-0.25, -0.2) is 0 Å². The molecule has 2 rings (SSSR count). The predicted molar refractivity (Wildman–Crippen MR) is 74.3 cm³/mol. The molecule has 0 bridgehead atoms. The minimum absolute atomic E-state index is 0.0841. The van der Waals surface area contributed by atoms with Crippen LogP contribution >= 0.6 is 0 Å². The van der Waals surface area contributed by atoms with Crippen molar-refractivity contribution in [1.29, 1.82) is 0 Å². The van der Waals surface area contributed by atoms with Crippen LogP contribution < -0.4 is 10.5 Å². The van der Waals surface area contributed by atoms with Gasteiger partial charge in [0.15, 0.2) is 0 Å². The van der Waals surface area contributed by atoms with Crippen LogP contribution in [0.15, 0.2) is 24.3 Å². The van der Waals surface area contributed by atoms with Crippen molar-refractivity contribution < 1.29 is 14.2 Å². The molecule has 1 aromatic rings. The molecule has 0 aromatic heterocycles. The molecular formula is C15H23NO3. The molecule has 1 fully saturated rings. The van der Waals surface area contributed by atoms with E-state index in [4.69, 9.17) is 19.9 Å². The summed E-state index contributed by atoms with van der Waals surface area (Å²) >= 11 is 0. The molecule has 0 spiro atoms. The maximum Gasteiger partial charge on any atom is 0.124 e. The molecule has 106 valence electrons. The van der Waals surface area contributed by atoms with Crippen molar-refractivity contribution in [3.05, 3.63) is 29.8 Å². The summed E-state index contributed by atoms with van der Waals surface area (Å²) in [6.45, 7) is 3.50. The van der Waals surface area contributed by atoms with Gasteiger partial charge in [-0.05, 0) is 25.8 Å². The molecule has 0 aliphatic carbocycles. The summed E-state index contributed by atoms with van der Waals surface area (Å²) in [7, 11) is 1.67. The van der Waals surface area contributed by atoms with E-state index in [1.165, 1.54) is 0 Å². The Hall–Kier alpha value is -1.10. The highest BCUT2D eigenvalue weighted by Crippen LogP contribution is 2.31. The van der Waals surface area contributed by atoms with E-state index >= 15 is 0 Å². The molecule has 0 radical (unpaired) electrons. The average molecular weight is 265 g/mol. The fourth-order valence-corrected chi connectivity index (χ4v) is 2.40. The summed E-state index contributed by atoms with van der Waals surface area (Å²) in [5.41, 5.74) is 7.12. The highest BCUT2D eigenvalue weighted by Gasteiger charge is 2.25. The number of ether oxygens (including phenoxy) is 3. The molecule has 1 heterocycles. The Balaban J connectivity index is 2.14. The van der Waals surface area contributed by atoms with Crippen molar-refractivity contribution in [2.75, 3.05) is 20.3 Å². The molecule has 1 aliphatic rings. The van der Waals surface area contributed by atoms with Gasteiger partial charge in [-0.2, -0.15) is 0 Å². The van der Waals surface area contributed by atoms with E-state index in [9.17, 15) is 0 Å². The van der Waals surface area contributed by atoms with E-state index in [1.807, 2.05) is 31.2 Å². The van der Waals surface area contributed by atoms with Crippen LogP contribution in [0.5, 0.6) is 5.75 Å². The average Bonchev–Trinajstić information content (AvgIpc) is 2.45. The van der Waals surface area contributed by atoms with E-state index in [0.29, 0.717) is 0 Å².